The van der Waals surface area contributed by atoms with Gasteiger partial charge in [-0.1, -0.05) is 0 Å². The Morgan fingerprint density at radius 1 is 0.952 bits per heavy atom. The Kier molecular flexibility index (Phi) is 7.61. The quantitative estimate of drug-likeness (QED) is 0.219. The molecule has 0 rings (SSSR count). The predicted molar refractivity (Wildman–Crippen MR) is 50.7 cm³/mol. The Bertz CT molecular complexity index is 357. The average molecular weight is 350 g/mol. The summed E-state index contributed by atoms with van der Waals surface area (Å²) < 4.78 is 93.6. The molecule has 0 aromatic rings. The van der Waals surface area contributed by atoms with Crippen molar-refractivity contribution in [3.05, 3.63) is 0 Å². The normalized spacial score (nSPS) is 13.3. The molecule has 0 saturated carbocycles. The number of halogens is 6. The fourth-order valence-electron chi connectivity index (χ4n) is 0.635. The summed E-state index contributed by atoms with van der Waals surface area (Å²) in [6.07, 6.45) is -11.1. The van der Waals surface area contributed by atoms with Crippen LogP contribution in [0.25, 0.3) is 0 Å². The number of hydrogen-bond donors (Lipinski definition) is 0. The molecular weight excluding hydrogens is 341 g/mol. The number of carbonyl (C=O) groups is 1. The minimum atomic E-state index is -4.88. The molecule has 0 N–H and O–H groups in total. The van der Waals surface area contributed by atoms with E-state index in [1.807, 2.05) is 0 Å². The Labute approximate surface area is 113 Å². The summed E-state index contributed by atoms with van der Waals surface area (Å²) in [5, 5.41) is 0. The van der Waals surface area contributed by atoms with E-state index in [2.05, 4.69) is 23.9 Å². The summed E-state index contributed by atoms with van der Waals surface area (Å²) in [4.78, 5) is 17.9. The zero-order chi connectivity index (χ0) is 16.7. The zero-order valence-corrected chi connectivity index (χ0v) is 11.1. The monoisotopic (exact) mass is 350 g/mol. The number of ether oxygens (including phenoxy) is 1. The van der Waals surface area contributed by atoms with Gasteiger partial charge in [0.1, 0.15) is 0 Å². The number of rotatable bonds is 8. The molecule has 0 aliphatic carbocycles. The van der Waals surface area contributed by atoms with Crippen LogP contribution in [0.5, 0.6) is 0 Å². The van der Waals surface area contributed by atoms with Crippen LogP contribution < -0.4 is 0 Å². The number of esters is 1. The van der Waals surface area contributed by atoms with Crippen molar-refractivity contribution in [2.75, 3.05) is 26.5 Å². The van der Waals surface area contributed by atoms with Gasteiger partial charge in [-0.15, -0.1) is 9.35 Å². The van der Waals surface area contributed by atoms with Crippen molar-refractivity contribution in [3.8, 4) is 0 Å². The second-order valence-corrected chi connectivity index (χ2v) is 5.09. The van der Waals surface area contributed by atoms with Crippen LogP contribution in [0.3, 0.4) is 0 Å². The van der Waals surface area contributed by atoms with Crippen LogP contribution >= 0.6 is 7.60 Å². The molecule has 14 heteroatoms. The van der Waals surface area contributed by atoms with Crippen LogP contribution in [0, 0.1) is 0 Å². The first-order valence-corrected chi connectivity index (χ1v) is 6.51. The van der Waals surface area contributed by atoms with Crippen LogP contribution in [0.2, 0.25) is 0 Å². The van der Waals surface area contributed by atoms with Crippen LogP contribution in [-0.2, 0) is 33.2 Å². The summed E-state index contributed by atoms with van der Waals surface area (Å²) in [6.45, 7) is -4.08. The maximum Gasteiger partial charge on any atom is 0.414 e. The lowest BCUT2D eigenvalue weighted by Gasteiger charge is -2.16. The first kappa shape index (κ1) is 20.1. The van der Waals surface area contributed by atoms with Gasteiger partial charge in [-0.05, 0) is 0 Å². The molecule has 0 saturated heterocycles. The minimum Gasteiger partial charge on any atom is -0.469 e. The van der Waals surface area contributed by atoms with E-state index in [1.165, 1.54) is 0 Å². The van der Waals surface area contributed by atoms with Crippen molar-refractivity contribution < 1.29 is 59.6 Å². The molecule has 0 unspecified atom stereocenters. The second kappa shape index (κ2) is 7.94. The van der Waals surface area contributed by atoms with Gasteiger partial charge in [-0.3, -0.25) is 9.36 Å². The molecule has 126 valence electrons. The number of hydrogen-bond acceptors (Lipinski definition) is 7. The molecule has 0 aliphatic rings. The van der Waals surface area contributed by atoms with Gasteiger partial charge in [0.15, 0.2) is 19.4 Å². The van der Waals surface area contributed by atoms with Crippen LogP contribution in [0.15, 0.2) is 0 Å². The van der Waals surface area contributed by atoms with Gasteiger partial charge < -0.3 is 4.74 Å². The van der Waals surface area contributed by atoms with Crippen LogP contribution in [0.4, 0.5) is 26.3 Å². The summed E-state index contributed by atoms with van der Waals surface area (Å²) in [7, 11) is -4.06. The third kappa shape index (κ3) is 11.5. The highest BCUT2D eigenvalue weighted by molar-refractivity contribution is 7.54. The van der Waals surface area contributed by atoms with Crippen molar-refractivity contribution in [3.63, 3.8) is 0 Å². The highest BCUT2D eigenvalue weighted by Crippen LogP contribution is 2.49. The van der Waals surface area contributed by atoms with E-state index in [4.69, 9.17) is 0 Å². The lowest BCUT2D eigenvalue weighted by atomic mass is 10.7. The van der Waals surface area contributed by atoms with E-state index in [1.54, 1.807) is 0 Å². The first-order valence-electron chi connectivity index (χ1n) is 4.79. The Morgan fingerprint density at radius 2 is 1.33 bits per heavy atom. The largest absolute Gasteiger partial charge is 0.469 e. The van der Waals surface area contributed by atoms with Crippen LogP contribution in [-0.4, -0.2) is 44.8 Å². The van der Waals surface area contributed by atoms with E-state index in [9.17, 15) is 35.7 Å². The molecule has 7 nitrogen and oxygen atoms in total. The lowest BCUT2D eigenvalue weighted by molar-refractivity contribution is -0.321. The zero-order valence-electron chi connectivity index (χ0n) is 10.2. The molecular formula is C7H9F6O7P. The Balaban J connectivity index is 4.54. The van der Waals surface area contributed by atoms with Crippen molar-refractivity contribution in [2.45, 2.75) is 12.4 Å². The average Bonchev–Trinajstić information content (AvgIpc) is 2.24. The summed E-state index contributed by atoms with van der Waals surface area (Å²) >= 11 is 0. The Morgan fingerprint density at radius 3 is 1.62 bits per heavy atom. The number of methoxy groups -OCH3 is 1. The molecule has 0 amide bonds. The molecule has 0 atom stereocenters. The third-order valence-electron chi connectivity index (χ3n) is 1.33. The topological polar surface area (TPSA) is 80.3 Å². The number of alkyl halides is 6. The molecule has 0 spiro atoms. The molecule has 0 heterocycles. The fourth-order valence-corrected chi connectivity index (χ4v) is 1.64. The standard InChI is InChI=1S/C7H9F6O7P/c1-16-5(14)2-21(15,19-17-3-6(8,9)10)20-18-4-7(11,12)13/h2-4H2,1H3. The summed E-state index contributed by atoms with van der Waals surface area (Å²) in [5.41, 5.74) is 0. The summed E-state index contributed by atoms with van der Waals surface area (Å²) in [5.74, 6) is -1.30. The highest BCUT2D eigenvalue weighted by Gasteiger charge is 2.37. The van der Waals surface area contributed by atoms with E-state index in [-0.39, 0.29) is 0 Å². The maximum atomic E-state index is 11.8. The molecule has 0 aliphatic heterocycles. The minimum absolute atomic E-state index is 0.819. The van der Waals surface area contributed by atoms with Gasteiger partial charge in [0.25, 0.3) is 0 Å². The maximum absolute atomic E-state index is 11.8. The third-order valence-corrected chi connectivity index (χ3v) is 2.64. The van der Waals surface area contributed by atoms with Crippen molar-refractivity contribution in [1.29, 1.82) is 0 Å². The fraction of sp³-hybridized carbons (Fsp3) is 0.857. The van der Waals surface area contributed by atoms with E-state index in [0.29, 0.717) is 0 Å². The SMILES string of the molecule is COC(=O)CP(=O)(OOCC(F)(F)F)OOCC(F)(F)F. The smallest absolute Gasteiger partial charge is 0.414 e. The van der Waals surface area contributed by atoms with Gasteiger partial charge in [-0.25, -0.2) is 9.78 Å². The van der Waals surface area contributed by atoms with Gasteiger partial charge in [-0.2, -0.15) is 26.3 Å². The molecule has 0 radical (unpaired) electrons. The summed E-state index contributed by atoms with van der Waals surface area (Å²) in [6, 6.07) is 0. The van der Waals surface area contributed by atoms with Crippen molar-refractivity contribution >= 4 is 13.6 Å². The molecule has 0 aromatic carbocycles. The van der Waals surface area contributed by atoms with Crippen molar-refractivity contribution in [1.82, 2.24) is 0 Å². The van der Waals surface area contributed by atoms with E-state index in [0.717, 1.165) is 7.11 Å². The predicted octanol–water partition coefficient (Wildman–Crippen LogP) is 2.37. The van der Waals surface area contributed by atoms with E-state index >= 15 is 0 Å². The molecule has 0 fully saturated rings. The number of carbonyl (C=O) groups excluding carboxylic acids is 1. The second-order valence-electron chi connectivity index (χ2n) is 3.25. The molecule has 21 heavy (non-hydrogen) atoms. The van der Waals surface area contributed by atoms with Gasteiger partial charge >= 0.3 is 25.9 Å². The van der Waals surface area contributed by atoms with Gasteiger partial charge in [0.05, 0.1) is 7.11 Å². The molecule has 0 aromatic heterocycles. The van der Waals surface area contributed by atoms with Gasteiger partial charge in [0.2, 0.25) is 0 Å². The Hall–Kier alpha value is -0.880. The van der Waals surface area contributed by atoms with Crippen molar-refractivity contribution in [2.24, 2.45) is 0 Å². The lowest BCUT2D eigenvalue weighted by Crippen LogP contribution is -2.20. The van der Waals surface area contributed by atoms with E-state index < -0.39 is 45.3 Å². The van der Waals surface area contributed by atoms with Crippen LogP contribution in [0.1, 0.15) is 0 Å². The highest BCUT2D eigenvalue weighted by atomic mass is 31.2. The first-order chi connectivity index (χ1) is 9.37. The molecule has 0 bridgehead atoms. The van der Waals surface area contributed by atoms with Gasteiger partial charge in [0, 0.05) is 0 Å².